The molecule has 0 aliphatic carbocycles. The first-order valence-electron chi connectivity index (χ1n) is 30.3. The van der Waals surface area contributed by atoms with Gasteiger partial charge in [-0.25, -0.2) is 0 Å². The highest BCUT2D eigenvalue weighted by Gasteiger charge is 2.19. The normalized spacial score (nSPS) is 13.2. The van der Waals surface area contributed by atoms with Crippen LogP contribution < -0.4 is 0 Å². The molecule has 0 radical (unpaired) electrons. The monoisotopic (exact) mass is 1030 g/mol. The Morgan fingerprint density at radius 3 is 0.747 bits per heavy atom. The van der Waals surface area contributed by atoms with Gasteiger partial charge in [0.15, 0.2) is 6.10 Å². The summed E-state index contributed by atoms with van der Waals surface area (Å²) in [5.74, 6) is -0.945. The Morgan fingerprint density at radius 2 is 0.480 bits per heavy atom. The number of ether oxygens (including phenoxy) is 3. The van der Waals surface area contributed by atoms with Gasteiger partial charge in [0, 0.05) is 19.3 Å². The Balaban J connectivity index is 4.46. The topological polar surface area (TPSA) is 78.9 Å². The lowest BCUT2D eigenvalue weighted by atomic mass is 10.1. The third kappa shape index (κ3) is 60.0. The van der Waals surface area contributed by atoms with E-state index in [4.69, 9.17) is 14.2 Å². The van der Waals surface area contributed by atoms with Crippen LogP contribution in [0.2, 0.25) is 0 Å². The van der Waals surface area contributed by atoms with Crippen molar-refractivity contribution in [1.29, 1.82) is 0 Å². The number of carbonyl (C=O) groups is 3. The fourth-order valence-corrected chi connectivity index (χ4v) is 7.89. The molecule has 0 fully saturated rings. The van der Waals surface area contributed by atoms with Crippen molar-refractivity contribution in [3.05, 3.63) is 146 Å². The van der Waals surface area contributed by atoms with Crippen LogP contribution in [0.1, 0.15) is 252 Å². The molecule has 1 atom stereocenters. The summed E-state index contributed by atoms with van der Waals surface area (Å²) in [6.07, 6.45) is 88.4. The summed E-state index contributed by atoms with van der Waals surface area (Å²) in [4.78, 5) is 38.3. The van der Waals surface area contributed by atoms with Crippen LogP contribution in [0.3, 0.4) is 0 Å². The summed E-state index contributed by atoms with van der Waals surface area (Å²) in [5.41, 5.74) is 0. The first-order chi connectivity index (χ1) is 37.0. The smallest absolute Gasteiger partial charge is 0.306 e. The van der Waals surface area contributed by atoms with E-state index < -0.39 is 6.10 Å². The molecule has 1 unspecified atom stereocenters. The second-order valence-electron chi connectivity index (χ2n) is 19.5. The molecule has 0 saturated heterocycles. The SMILES string of the molecule is CC/C=C\C/C=C\C/C=C\C/C=C\C/C=C\CCCCCCCCCC(=O)OCC(COC(=O)CCCCCCC/C=C\C/C=C\C/C=C\CC)OC(=O)CCCCCCCC/C=C\C/C=C\C/C=C\C/C=C\CC. The third-order valence-electron chi connectivity index (χ3n) is 12.3. The number of hydrogen-bond donors (Lipinski definition) is 0. The molecule has 0 rings (SSSR count). The molecule has 0 aliphatic heterocycles. The van der Waals surface area contributed by atoms with Gasteiger partial charge in [0.05, 0.1) is 0 Å². The van der Waals surface area contributed by atoms with Crippen molar-refractivity contribution in [3.8, 4) is 0 Å². The maximum Gasteiger partial charge on any atom is 0.306 e. The fraction of sp³-hybridized carbons (Fsp3) is 0.609. The van der Waals surface area contributed by atoms with Crippen molar-refractivity contribution in [2.45, 2.75) is 258 Å². The zero-order valence-electron chi connectivity index (χ0n) is 48.3. The first kappa shape index (κ1) is 70.3. The van der Waals surface area contributed by atoms with Crippen LogP contribution in [0.4, 0.5) is 0 Å². The Hall–Kier alpha value is -4.71. The highest BCUT2D eigenvalue weighted by molar-refractivity contribution is 5.71. The van der Waals surface area contributed by atoms with Gasteiger partial charge in [-0.2, -0.15) is 0 Å². The van der Waals surface area contributed by atoms with Gasteiger partial charge in [-0.05, 0) is 135 Å². The number of unbranched alkanes of at least 4 members (excludes halogenated alkanes) is 18. The van der Waals surface area contributed by atoms with E-state index in [1.807, 2.05) is 0 Å². The van der Waals surface area contributed by atoms with Crippen LogP contribution in [0, 0.1) is 0 Å². The Labute approximate surface area is 461 Å². The van der Waals surface area contributed by atoms with Gasteiger partial charge in [-0.15, -0.1) is 0 Å². The van der Waals surface area contributed by atoms with E-state index in [0.717, 1.165) is 173 Å². The molecule has 0 aromatic carbocycles. The predicted octanol–water partition coefficient (Wildman–Crippen LogP) is 20.8. The highest BCUT2D eigenvalue weighted by Crippen LogP contribution is 2.14. The summed E-state index contributed by atoms with van der Waals surface area (Å²) in [6.45, 7) is 6.26. The predicted molar refractivity (Wildman–Crippen MR) is 325 cm³/mol. The van der Waals surface area contributed by atoms with Crippen LogP contribution in [0.5, 0.6) is 0 Å². The molecule has 6 nitrogen and oxygen atoms in total. The second kappa shape index (κ2) is 61.8. The van der Waals surface area contributed by atoms with E-state index in [0.29, 0.717) is 19.3 Å². The quantitative estimate of drug-likeness (QED) is 0.0261. The van der Waals surface area contributed by atoms with Crippen molar-refractivity contribution >= 4 is 17.9 Å². The van der Waals surface area contributed by atoms with Gasteiger partial charge in [0.2, 0.25) is 0 Å². The molecule has 0 N–H and O–H groups in total. The Morgan fingerprint density at radius 1 is 0.267 bits per heavy atom. The largest absolute Gasteiger partial charge is 0.462 e. The third-order valence-corrected chi connectivity index (χ3v) is 12.3. The molecule has 0 bridgehead atoms. The molecule has 0 saturated carbocycles. The van der Waals surface area contributed by atoms with Gasteiger partial charge in [0.25, 0.3) is 0 Å². The van der Waals surface area contributed by atoms with Gasteiger partial charge in [-0.1, -0.05) is 244 Å². The van der Waals surface area contributed by atoms with Gasteiger partial charge < -0.3 is 14.2 Å². The van der Waals surface area contributed by atoms with Gasteiger partial charge in [0.1, 0.15) is 13.2 Å². The highest BCUT2D eigenvalue weighted by atomic mass is 16.6. The van der Waals surface area contributed by atoms with Crippen LogP contribution in [-0.2, 0) is 28.6 Å². The van der Waals surface area contributed by atoms with Gasteiger partial charge >= 0.3 is 17.9 Å². The summed E-state index contributed by atoms with van der Waals surface area (Å²) in [5, 5.41) is 0. The Bertz CT molecular complexity index is 1660. The van der Waals surface area contributed by atoms with E-state index in [9.17, 15) is 14.4 Å². The molecule has 0 aromatic heterocycles. The lowest BCUT2D eigenvalue weighted by molar-refractivity contribution is -0.167. The summed E-state index contributed by atoms with van der Waals surface area (Å²) in [7, 11) is 0. The maximum absolute atomic E-state index is 12.9. The molecule has 75 heavy (non-hydrogen) atoms. The Kier molecular flexibility index (Phi) is 58.0. The minimum Gasteiger partial charge on any atom is -0.462 e. The van der Waals surface area contributed by atoms with E-state index in [2.05, 4.69) is 167 Å². The lowest BCUT2D eigenvalue weighted by Gasteiger charge is -2.18. The summed E-state index contributed by atoms with van der Waals surface area (Å²) < 4.78 is 16.9. The first-order valence-corrected chi connectivity index (χ1v) is 30.3. The number of rotatable bonds is 53. The molecule has 0 heterocycles. The average molecular weight is 1040 g/mol. The van der Waals surface area contributed by atoms with E-state index in [1.165, 1.54) is 38.5 Å². The number of hydrogen-bond acceptors (Lipinski definition) is 6. The lowest BCUT2D eigenvalue weighted by Crippen LogP contribution is -2.30. The molecule has 0 amide bonds. The molecule has 6 heteroatoms. The standard InChI is InChI=1S/C69H110O6/c1-4-7-10-13-16-19-22-25-28-30-32-33-34-35-37-38-41-44-47-50-53-56-59-62-68(71)74-65-66(64-73-67(70)61-58-55-52-49-46-43-40-27-24-21-18-15-12-9-6-3)75-69(72)63-60-57-54-51-48-45-42-39-36-31-29-26-23-20-17-14-11-8-5-2/h7-12,16-21,25-29,32-33,35-37,39-40,66H,4-6,13-15,22-24,30-31,34,38,41-65H2,1-3H3/b10-7-,11-8-,12-9-,19-16-,20-17-,21-18-,28-25-,29-26-,33-32-,37-35-,39-36-,40-27-. The van der Waals surface area contributed by atoms with Gasteiger partial charge in [-0.3, -0.25) is 14.4 Å². The number of carbonyl (C=O) groups excluding carboxylic acids is 3. The van der Waals surface area contributed by atoms with Crippen molar-refractivity contribution in [3.63, 3.8) is 0 Å². The summed E-state index contributed by atoms with van der Waals surface area (Å²) in [6, 6.07) is 0. The number of esters is 3. The minimum absolute atomic E-state index is 0.101. The van der Waals surface area contributed by atoms with Crippen molar-refractivity contribution < 1.29 is 28.6 Å². The zero-order chi connectivity index (χ0) is 54.3. The summed E-state index contributed by atoms with van der Waals surface area (Å²) >= 11 is 0. The number of allylic oxidation sites excluding steroid dienone is 24. The van der Waals surface area contributed by atoms with E-state index in [-0.39, 0.29) is 31.1 Å². The fourth-order valence-electron chi connectivity index (χ4n) is 7.89. The van der Waals surface area contributed by atoms with E-state index >= 15 is 0 Å². The van der Waals surface area contributed by atoms with E-state index in [1.54, 1.807) is 0 Å². The molecular weight excluding hydrogens is 925 g/mol. The van der Waals surface area contributed by atoms with Crippen molar-refractivity contribution in [2.24, 2.45) is 0 Å². The minimum atomic E-state index is -0.806. The zero-order valence-corrected chi connectivity index (χ0v) is 48.3. The average Bonchev–Trinajstić information content (AvgIpc) is 3.41. The van der Waals surface area contributed by atoms with Crippen molar-refractivity contribution in [1.82, 2.24) is 0 Å². The molecule has 422 valence electrons. The molecular formula is C69H110O6. The van der Waals surface area contributed by atoms with Crippen LogP contribution in [-0.4, -0.2) is 37.2 Å². The van der Waals surface area contributed by atoms with Crippen LogP contribution >= 0.6 is 0 Å². The van der Waals surface area contributed by atoms with Crippen LogP contribution in [0.15, 0.2) is 146 Å². The van der Waals surface area contributed by atoms with Crippen molar-refractivity contribution in [2.75, 3.05) is 13.2 Å². The molecule has 0 aliphatic rings. The second-order valence-corrected chi connectivity index (χ2v) is 19.5. The molecule has 0 aromatic rings. The molecule has 0 spiro atoms. The van der Waals surface area contributed by atoms with Crippen LogP contribution in [0.25, 0.3) is 0 Å². The maximum atomic E-state index is 12.9.